The molecule has 0 N–H and O–H groups in total. The van der Waals surface area contributed by atoms with Crippen molar-refractivity contribution in [2.24, 2.45) is 11.8 Å². The Labute approximate surface area is 71.9 Å². The van der Waals surface area contributed by atoms with E-state index in [1.165, 1.54) is 24.8 Å². The van der Waals surface area contributed by atoms with Gasteiger partial charge in [-0.3, -0.25) is 0 Å². The molecule has 1 saturated heterocycles. The van der Waals surface area contributed by atoms with Gasteiger partial charge >= 0.3 is 0 Å². The maximum absolute atomic E-state index is 3.54. The summed E-state index contributed by atoms with van der Waals surface area (Å²) in [5.74, 6) is 1.77. The second kappa shape index (κ2) is 3.72. The molecule has 1 fully saturated rings. The van der Waals surface area contributed by atoms with Crippen LogP contribution in [0.25, 0.3) is 0 Å². The van der Waals surface area contributed by atoms with E-state index in [-0.39, 0.29) is 0 Å². The van der Waals surface area contributed by atoms with Crippen LogP contribution >= 0.6 is 15.9 Å². The molecule has 0 radical (unpaired) electrons. The predicted molar refractivity (Wildman–Crippen MR) is 48.6 cm³/mol. The van der Waals surface area contributed by atoms with Gasteiger partial charge < -0.3 is 4.90 Å². The van der Waals surface area contributed by atoms with Gasteiger partial charge in [0.05, 0.1) is 0 Å². The van der Waals surface area contributed by atoms with Crippen molar-refractivity contribution in [2.75, 3.05) is 25.5 Å². The topological polar surface area (TPSA) is 3.24 Å². The van der Waals surface area contributed by atoms with E-state index in [0.29, 0.717) is 0 Å². The summed E-state index contributed by atoms with van der Waals surface area (Å²) in [6.07, 6.45) is 1.40. The van der Waals surface area contributed by atoms with Crippen LogP contribution in [-0.2, 0) is 0 Å². The van der Waals surface area contributed by atoms with Crippen LogP contribution in [0.5, 0.6) is 0 Å². The summed E-state index contributed by atoms with van der Waals surface area (Å²) in [5, 5.41) is 1.17. The Balaban J connectivity index is 2.35. The van der Waals surface area contributed by atoms with Crippen molar-refractivity contribution < 1.29 is 0 Å². The zero-order valence-electron chi connectivity index (χ0n) is 6.81. The molecule has 60 valence electrons. The van der Waals surface area contributed by atoms with Gasteiger partial charge in [-0.05, 0) is 25.3 Å². The highest BCUT2D eigenvalue weighted by Gasteiger charge is 2.20. The van der Waals surface area contributed by atoms with E-state index in [0.717, 1.165) is 11.8 Å². The minimum absolute atomic E-state index is 0.883. The number of halogens is 1. The van der Waals surface area contributed by atoms with Gasteiger partial charge in [-0.1, -0.05) is 22.9 Å². The number of likely N-dealkylation sites (tertiary alicyclic amines) is 1. The van der Waals surface area contributed by atoms with Gasteiger partial charge in [0.25, 0.3) is 0 Å². The SMILES string of the molecule is CC1CC(CBr)CN(C)C1. The molecule has 2 atom stereocenters. The molecule has 0 spiro atoms. The third-order valence-electron chi connectivity index (χ3n) is 2.15. The van der Waals surface area contributed by atoms with Crippen molar-refractivity contribution in [3.05, 3.63) is 0 Å². The fraction of sp³-hybridized carbons (Fsp3) is 1.00. The molecule has 2 heteroatoms. The fourth-order valence-corrected chi connectivity index (χ4v) is 2.35. The molecule has 1 aliphatic rings. The van der Waals surface area contributed by atoms with Crippen molar-refractivity contribution in [1.82, 2.24) is 4.90 Å². The molecule has 0 aromatic rings. The van der Waals surface area contributed by atoms with E-state index >= 15 is 0 Å². The predicted octanol–water partition coefficient (Wildman–Crippen LogP) is 1.97. The molecule has 2 unspecified atom stereocenters. The third-order valence-corrected chi connectivity index (χ3v) is 3.06. The number of piperidine rings is 1. The summed E-state index contributed by atoms with van der Waals surface area (Å²) in [7, 11) is 2.21. The lowest BCUT2D eigenvalue weighted by molar-refractivity contribution is 0.174. The van der Waals surface area contributed by atoms with Crippen LogP contribution in [0.2, 0.25) is 0 Å². The van der Waals surface area contributed by atoms with Crippen LogP contribution in [0, 0.1) is 11.8 Å². The Hall–Kier alpha value is 0.440. The van der Waals surface area contributed by atoms with Gasteiger partial charge in [-0.15, -0.1) is 0 Å². The lowest BCUT2D eigenvalue weighted by Gasteiger charge is -2.32. The molecular weight excluding hydrogens is 190 g/mol. The van der Waals surface area contributed by atoms with Crippen LogP contribution in [-0.4, -0.2) is 30.4 Å². The van der Waals surface area contributed by atoms with Crippen molar-refractivity contribution in [3.8, 4) is 0 Å². The highest BCUT2D eigenvalue weighted by molar-refractivity contribution is 9.09. The second-order valence-corrected chi connectivity index (χ2v) is 4.23. The summed E-state index contributed by atoms with van der Waals surface area (Å²) < 4.78 is 0. The highest BCUT2D eigenvalue weighted by Crippen LogP contribution is 2.21. The number of nitrogens with zero attached hydrogens (tertiary/aromatic N) is 1. The van der Waals surface area contributed by atoms with Crippen LogP contribution in [0.4, 0.5) is 0 Å². The van der Waals surface area contributed by atoms with Gasteiger partial charge in [0.15, 0.2) is 0 Å². The molecule has 1 rings (SSSR count). The monoisotopic (exact) mass is 205 g/mol. The molecule has 0 bridgehead atoms. The third kappa shape index (κ3) is 2.24. The molecule has 10 heavy (non-hydrogen) atoms. The summed E-state index contributed by atoms with van der Waals surface area (Å²) >= 11 is 3.54. The van der Waals surface area contributed by atoms with E-state index in [9.17, 15) is 0 Å². The summed E-state index contributed by atoms with van der Waals surface area (Å²) in [5.41, 5.74) is 0. The Kier molecular flexibility index (Phi) is 3.18. The molecular formula is C8H16BrN. The van der Waals surface area contributed by atoms with Crippen LogP contribution in [0.3, 0.4) is 0 Å². The number of rotatable bonds is 1. The van der Waals surface area contributed by atoms with Gasteiger partial charge in [0.1, 0.15) is 0 Å². The Bertz CT molecular complexity index is 95.4. The van der Waals surface area contributed by atoms with E-state index < -0.39 is 0 Å². The second-order valence-electron chi connectivity index (χ2n) is 3.58. The summed E-state index contributed by atoms with van der Waals surface area (Å²) in [4.78, 5) is 2.43. The quantitative estimate of drug-likeness (QED) is 0.593. The first-order valence-electron chi connectivity index (χ1n) is 3.97. The first-order valence-corrected chi connectivity index (χ1v) is 5.09. The minimum Gasteiger partial charge on any atom is -0.306 e. The highest BCUT2D eigenvalue weighted by atomic mass is 79.9. The molecule has 1 nitrogen and oxygen atoms in total. The number of hydrogen-bond donors (Lipinski definition) is 0. The van der Waals surface area contributed by atoms with Gasteiger partial charge in [0, 0.05) is 18.4 Å². The number of alkyl halides is 1. The molecule has 0 aliphatic carbocycles. The molecule has 0 saturated carbocycles. The van der Waals surface area contributed by atoms with Crippen molar-refractivity contribution in [2.45, 2.75) is 13.3 Å². The molecule has 1 heterocycles. The van der Waals surface area contributed by atoms with E-state index in [1.54, 1.807) is 0 Å². The van der Waals surface area contributed by atoms with Crippen molar-refractivity contribution >= 4 is 15.9 Å². The molecule has 0 aromatic heterocycles. The fourth-order valence-electron chi connectivity index (χ4n) is 1.88. The smallest absolute Gasteiger partial charge is 0.00719 e. The standard InChI is InChI=1S/C8H16BrN/c1-7-3-8(4-9)6-10(2)5-7/h7-8H,3-6H2,1-2H3. The van der Waals surface area contributed by atoms with Crippen molar-refractivity contribution in [1.29, 1.82) is 0 Å². The van der Waals surface area contributed by atoms with Crippen molar-refractivity contribution in [3.63, 3.8) is 0 Å². The van der Waals surface area contributed by atoms with Crippen LogP contribution in [0.15, 0.2) is 0 Å². The average Bonchev–Trinajstić information content (AvgIpc) is 1.85. The maximum Gasteiger partial charge on any atom is 0.00719 e. The Morgan fingerprint density at radius 2 is 2.20 bits per heavy atom. The average molecular weight is 206 g/mol. The first kappa shape index (κ1) is 8.54. The van der Waals surface area contributed by atoms with Gasteiger partial charge in [-0.25, -0.2) is 0 Å². The summed E-state index contributed by atoms with van der Waals surface area (Å²) in [6, 6.07) is 0. The minimum atomic E-state index is 0.883. The van der Waals surface area contributed by atoms with E-state index in [4.69, 9.17) is 0 Å². The Morgan fingerprint density at radius 3 is 2.70 bits per heavy atom. The normalized spacial score (nSPS) is 36.3. The van der Waals surface area contributed by atoms with E-state index in [2.05, 4.69) is 34.8 Å². The zero-order valence-corrected chi connectivity index (χ0v) is 8.39. The zero-order chi connectivity index (χ0) is 7.56. The van der Waals surface area contributed by atoms with Gasteiger partial charge in [0.2, 0.25) is 0 Å². The Morgan fingerprint density at radius 1 is 1.50 bits per heavy atom. The number of hydrogen-bond acceptors (Lipinski definition) is 1. The van der Waals surface area contributed by atoms with Gasteiger partial charge in [-0.2, -0.15) is 0 Å². The van der Waals surface area contributed by atoms with Crippen LogP contribution in [0.1, 0.15) is 13.3 Å². The largest absolute Gasteiger partial charge is 0.306 e. The lowest BCUT2D eigenvalue weighted by Crippen LogP contribution is -2.37. The first-order chi connectivity index (χ1) is 4.72. The van der Waals surface area contributed by atoms with Crippen LogP contribution < -0.4 is 0 Å². The van der Waals surface area contributed by atoms with E-state index in [1.807, 2.05) is 0 Å². The molecule has 0 aromatic carbocycles. The molecule has 0 amide bonds. The maximum atomic E-state index is 3.54. The summed E-state index contributed by atoms with van der Waals surface area (Å²) in [6.45, 7) is 4.89. The molecule has 1 aliphatic heterocycles. The lowest BCUT2D eigenvalue weighted by atomic mass is 9.92.